The number of carbonyl (C=O) groups excluding carboxylic acids is 1. The van der Waals surface area contributed by atoms with Crippen molar-refractivity contribution in [1.82, 2.24) is 5.32 Å². The van der Waals surface area contributed by atoms with Crippen LogP contribution in [0.1, 0.15) is 33.7 Å². The Bertz CT molecular complexity index is 527. The minimum absolute atomic E-state index is 0.0933. The quantitative estimate of drug-likeness (QED) is 0.868. The molecule has 5 nitrogen and oxygen atoms in total. The summed E-state index contributed by atoms with van der Waals surface area (Å²) in [4.78, 5) is 11.8. The minimum Gasteiger partial charge on any atom is -0.467 e. The van der Waals surface area contributed by atoms with Gasteiger partial charge >= 0.3 is 0 Å². The number of aliphatic hydroxyl groups is 1. The second-order valence-electron chi connectivity index (χ2n) is 4.07. The predicted molar refractivity (Wildman–Crippen MR) is 64.2 cm³/mol. The van der Waals surface area contributed by atoms with Crippen LogP contribution in [0.3, 0.4) is 0 Å². The highest BCUT2D eigenvalue weighted by atomic mass is 16.4. The van der Waals surface area contributed by atoms with Crippen LogP contribution in [0.2, 0.25) is 0 Å². The van der Waals surface area contributed by atoms with Gasteiger partial charge < -0.3 is 19.3 Å². The molecule has 0 radical (unpaired) electrons. The van der Waals surface area contributed by atoms with E-state index in [1.54, 1.807) is 32.0 Å². The van der Waals surface area contributed by atoms with Crippen molar-refractivity contribution in [3.05, 3.63) is 47.3 Å². The molecule has 0 fully saturated rings. The number of aliphatic hydroxyl groups excluding tert-OH is 1. The lowest BCUT2D eigenvalue weighted by atomic mass is 10.2. The Morgan fingerprint density at radius 1 is 1.50 bits per heavy atom. The van der Waals surface area contributed by atoms with E-state index in [0.717, 1.165) is 0 Å². The molecule has 1 amide bonds. The van der Waals surface area contributed by atoms with Crippen LogP contribution in [0, 0.1) is 13.8 Å². The van der Waals surface area contributed by atoms with Crippen molar-refractivity contribution in [3.63, 3.8) is 0 Å². The molecular formula is C13H15NO4. The molecule has 0 aliphatic rings. The van der Waals surface area contributed by atoms with Gasteiger partial charge in [-0.3, -0.25) is 4.79 Å². The van der Waals surface area contributed by atoms with Gasteiger partial charge in [0.15, 0.2) is 0 Å². The first-order valence-corrected chi connectivity index (χ1v) is 5.64. The van der Waals surface area contributed by atoms with E-state index in [1.807, 2.05) is 0 Å². The average molecular weight is 249 g/mol. The first kappa shape index (κ1) is 12.4. The SMILES string of the molecule is Cc1cc(C(=O)NCC(O)c2ccco2)c(C)o1. The highest BCUT2D eigenvalue weighted by molar-refractivity contribution is 5.95. The first-order chi connectivity index (χ1) is 8.58. The van der Waals surface area contributed by atoms with E-state index >= 15 is 0 Å². The fraction of sp³-hybridized carbons (Fsp3) is 0.308. The molecule has 2 heterocycles. The van der Waals surface area contributed by atoms with Crippen molar-refractivity contribution in [1.29, 1.82) is 0 Å². The van der Waals surface area contributed by atoms with E-state index in [1.165, 1.54) is 6.26 Å². The molecule has 0 aliphatic carbocycles. The van der Waals surface area contributed by atoms with Crippen LogP contribution in [-0.2, 0) is 0 Å². The Balaban J connectivity index is 1.94. The highest BCUT2D eigenvalue weighted by Gasteiger charge is 2.16. The zero-order chi connectivity index (χ0) is 13.1. The van der Waals surface area contributed by atoms with Gasteiger partial charge in [0, 0.05) is 0 Å². The lowest BCUT2D eigenvalue weighted by Gasteiger charge is -2.08. The van der Waals surface area contributed by atoms with Crippen molar-refractivity contribution in [2.45, 2.75) is 20.0 Å². The maximum absolute atomic E-state index is 11.8. The van der Waals surface area contributed by atoms with Crippen molar-refractivity contribution in [2.75, 3.05) is 6.54 Å². The fourth-order valence-electron chi connectivity index (χ4n) is 1.72. The maximum atomic E-state index is 11.8. The molecule has 2 aromatic rings. The normalized spacial score (nSPS) is 12.4. The lowest BCUT2D eigenvalue weighted by Crippen LogP contribution is -2.28. The van der Waals surface area contributed by atoms with Crippen LogP contribution in [0.15, 0.2) is 33.3 Å². The van der Waals surface area contributed by atoms with Gasteiger partial charge in [0.25, 0.3) is 5.91 Å². The molecule has 2 N–H and O–H groups in total. The van der Waals surface area contributed by atoms with E-state index in [0.29, 0.717) is 22.8 Å². The van der Waals surface area contributed by atoms with Crippen molar-refractivity contribution in [2.24, 2.45) is 0 Å². The van der Waals surface area contributed by atoms with E-state index in [9.17, 15) is 9.90 Å². The zero-order valence-electron chi connectivity index (χ0n) is 10.3. The van der Waals surface area contributed by atoms with Crippen LogP contribution >= 0.6 is 0 Å². The van der Waals surface area contributed by atoms with Crippen LogP contribution in [0.25, 0.3) is 0 Å². The van der Waals surface area contributed by atoms with Gasteiger partial charge in [0.05, 0.1) is 18.4 Å². The van der Waals surface area contributed by atoms with E-state index < -0.39 is 6.10 Å². The Labute approximate surface area is 104 Å². The van der Waals surface area contributed by atoms with E-state index in [-0.39, 0.29) is 12.5 Å². The van der Waals surface area contributed by atoms with Crippen molar-refractivity contribution < 1.29 is 18.7 Å². The summed E-state index contributed by atoms with van der Waals surface area (Å²) in [5, 5.41) is 12.4. The lowest BCUT2D eigenvalue weighted by molar-refractivity contribution is 0.0899. The van der Waals surface area contributed by atoms with Gasteiger partial charge in [-0.2, -0.15) is 0 Å². The van der Waals surface area contributed by atoms with E-state index in [4.69, 9.17) is 8.83 Å². The van der Waals surface area contributed by atoms with Gasteiger partial charge in [0.2, 0.25) is 0 Å². The maximum Gasteiger partial charge on any atom is 0.254 e. The van der Waals surface area contributed by atoms with Gasteiger partial charge in [-0.25, -0.2) is 0 Å². The second-order valence-corrected chi connectivity index (χ2v) is 4.07. The first-order valence-electron chi connectivity index (χ1n) is 5.64. The molecule has 0 saturated heterocycles. The number of carbonyl (C=O) groups is 1. The Morgan fingerprint density at radius 3 is 2.83 bits per heavy atom. The fourth-order valence-corrected chi connectivity index (χ4v) is 1.72. The highest BCUT2D eigenvalue weighted by Crippen LogP contribution is 2.15. The average Bonchev–Trinajstić information content (AvgIpc) is 2.95. The molecule has 5 heteroatoms. The Morgan fingerprint density at radius 2 is 2.28 bits per heavy atom. The number of nitrogens with one attached hydrogen (secondary N) is 1. The molecule has 0 bridgehead atoms. The molecule has 0 spiro atoms. The molecule has 18 heavy (non-hydrogen) atoms. The second kappa shape index (κ2) is 5.10. The molecule has 0 aromatic carbocycles. The summed E-state index contributed by atoms with van der Waals surface area (Å²) >= 11 is 0. The number of hydrogen-bond donors (Lipinski definition) is 2. The van der Waals surface area contributed by atoms with Gasteiger partial charge in [-0.1, -0.05) is 0 Å². The zero-order valence-corrected chi connectivity index (χ0v) is 10.3. The van der Waals surface area contributed by atoms with Crippen LogP contribution in [0.4, 0.5) is 0 Å². The third-order valence-corrected chi connectivity index (χ3v) is 2.61. The molecule has 96 valence electrons. The number of furan rings is 2. The van der Waals surface area contributed by atoms with Crippen LogP contribution < -0.4 is 5.32 Å². The molecule has 0 saturated carbocycles. The monoisotopic (exact) mass is 249 g/mol. The summed E-state index contributed by atoms with van der Waals surface area (Å²) in [5.41, 5.74) is 0.485. The summed E-state index contributed by atoms with van der Waals surface area (Å²) in [7, 11) is 0. The molecule has 2 aromatic heterocycles. The topological polar surface area (TPSA) is 75.6 Å². The number of aryl methyl sites for hydroxylation is 2. The number of hydrogen-bond acceptors (Lipinski definition) is 4. The Kier molecular flexibility index (Phi) is 3.53. The summed E-state index contributed by atoms with van der Waals surface area (Å²) in [6, 6.07) is 5.01. The molecular weight excluding hydrogens is 234 g/mol. The number of rotatable bonds is 4. The third kappa shape index (κ3) is 2.62. The number of amides is 1. The standard InChI is InChI=1S/C13H15NO4/c1-8-6-10(9(2)18-8)13(16)14-7-11(15)12-4-3-5-17-12/h3-6,11,15H,7H2,1-2H3,(H,14,16). The van der Waals surface area contributed by atoms with Crippen molar-refractivity contribution >= 4 is 5.91 Å². The van der Waals surface area contributed by atoms with Crippen LogP contribution in [0.5, 0.6) is 0 Å². The van der Waals surface area contributed by atoms with Crippen molar-refractivity contribution in [3.8, 4) is 0 Å². The molecule has 0 aliphatic heterocycles. The summed E-state index contributed by atoms with van der Waals surface area (Å²) < 4.78 is 10.3. The van der Waals surface area contributed by atoms with Gasteiger partial charge in [-0.05, 0) is 32.0 Å². The summed E-state index contributed by atoms with van der Waals surface area (Å²) in [5.74, 6) is 1.41. The van der Waals surface area contributed by atoms with Gasteiger partial charge in [-0.15, -0.1) is 0 Å². The third-order valence-electron chi connectivity index (χ3n) is 2.61. The molecule has 2 rings (SSSR count). The van der Waals surface area contributed by atoms with E-state index in [2.05, 4.69) is 5.32 Å². The van der Waals surface area contributed by atoms with Gasteiger partial charge in [0.1, 0.15) is 23.4 Å². The predicted octanol–water partition coefficient (Wildman–Crippen LogP) is 1.95. The summed E-state index contributed by atoms with van der Waals surface area (Å²) in [6.45, 7) is 3.60. The molecule has 1 unspecified atom stereocenters. The minimum atomic E-state index is -0.850. The summed E-state index contributed by atoms with van der Waals surface area (Å²) in [6.07, 6.45) is 0.626. The molecule has 1 atom stereocenters. The Hall–Kier alpha value is -2.01. The van der Waals surface area contributed by atoms with Crippen LogP contribution in [-0.4, -0.2) is 17.6 Å². The smallest absolute Gasteiger partial charge is 0.254 e. The largest absolute Gasteiger partial charge is 0.467 e.